The van der Waals surface area contributed by atoms with Crippen molar-refractivity contribution in [2.75, 3.05) is 18.5 Å². The third-order valence-corrected chi connectivity index (χ3v) is 3.12. The topological polar surface area (TPSA) is 80.3 Å². The number of amides is 2. The molecule has 0 aliphatic heterocycles. The van der Waals surface area contributed by atoms with Crippen LogP contribution in [0, 0.1) is 0 Å². The minimum Gasteiger partial charge on any atom is -0.477 e. The highest BCUT2D eigenvalue weighted by Crippen LogP contribution is 2.19. The third-order valence-electron chi connectivity index (χ3n) is 3.12. The first-order valence-corrected chi connectivity index (χ1v) is 7.54. The second-order valence-electron chi connectivity index (χ2n) is 4.79. The summed E-state index contributed by atoms with van der Waals surface area (Å²) in [5, 5.41) is 5.43. The van der Waals surface area contributed by atoms with Gasteiger partial charge in [-0.05, 0) is 31.2 Å². The van der Waals surface area contributed by atoms with Crippen LogP contribution in [-0.4, -0.2) is 29.9 Å². The van der Waals surface area contributed by atoms with E-state index in [1.807, 2.05) is 6.92 Å². The monoisotopic (exact) mass is 325 g/mol. The minimum atomic E-state index is -0.393. The Kier molecular flexibility index (Phi) is 6.08. The number of pyridine rings is 1. The van der Waals surface area contributed by atoms with E-state index in [4.69, 9.17) is 4.74 Å². The van der Waals surface area contributed by atoms with E-state index < -0.39 is 5.91 Å². The summed E-state index contributed by atoms with van der Waals surface area (Å²) in [5.74, 6) is -0.427. The summed E-state index contributed by atoms with van der Waals surface area (Å²) in [6.07, 6.45) is 3.14. The molecule has 2 aromatic rings. The minimum absolute atomic E-state index is 0.256. The van der Waals surface area contributed by atoms with Crippen LogP contribution >= 0.6 is 0 Å². The number of nitrogens with zero attached hydrogens (tertiary/aromatic N) is 1. The van der Waals surface area contributed by atoms with Crippen LogP contribution in [0.5, 0.6) is 5.88 Å². The quantitative estimate of drug-likeness (QED) is 0.767. The maximum Gasteiger partial charge on any atom is 0.261 e. The molecule has 124 valence electrons. The van der Waals surface area contributed by atoms with Gasteiger partial charge in [0.15, 0.2) is 0 Å². The maximum absolute atomic E-state index is 12.5. The lowest BCUT2D eigenvalue weighted by atomic mass is 10.1. The molecule has 24 heavy (non-hydrogen) atoms. The van der Waals surface area contributed by atoms with Crippen molar-refractivity contribution in [2.24, 2.45) is 0 Å². The average molecular weight is 325 g/mol. The van der Waals surface area contributed by atoms with E-state index in [9.17, 15) is 9.59 Å². The molecule has 1 heterocycles. The predicted octanol–water partition coefficient (Wildman–Crippen LogP) is 2.65. The van der Waals surface area contributed by atoms with Crippen molar-refractivity contribution in [1.82, 2.24) is 10.3 Å². The van der Waals surface area contributed by atoms with Gasteiger partial charge in [0.1, 0.15) is 5.56 Å². The number of hydrogen-bond donors (Lipinski definition) is 2. The zero-order chi connectivity index (χ0) is 17.4. The Balaban J connectivity index is 2.24. The number of benzene rings is 1. The molecule has 0 saturated heterocycles. The fourth-order valence-electron chi connectivity index (χ4n) is 2.06. The van der Waals surface area contributed by atoms with E-state index in [-0.39, 0.29) is 11.8 Å². The number of carbonyl (C=O) groups is 2. The number of carbonyl (C=O) groups excluding carboxylic acids is 2. The van der Waals surface area contributed by atoms with Crippen molar-refractivity contribution in [3.05, 3.63) is 66.4 Å². The number of nitrogens with one attached hydrogen (secondary N) is 2. The second-order valence-corrected chi connectivity index (χ2v) is 4.79. The zero-order valence-electron chi connectivity index (χ0n) is 13.4. The van der Waals surface area contributed by atoms with Gasteiger partial charge in [-0.2, -0.15) is 0 Å². The molecule has 2 amide bonds. The first kappa shape index (κ1) is 17.2. The standard InChI is InChI=1S/C18H19N3O3/c1-3-11-19-16(22)13-8-5-6-10-15(13)21-17(23)14-9-7-12-20-18(14)24-4-2/h3,5-10,12H,1,4,11H2,2H3,(H,19,22)(H,21,23). The van der Waals surface area contributed by atoms with E-state index in [1.165, 1.54) is 0 Å². The van der Waals surface area contributed by atoms with Crippen molar-refractivity contribution in [1.29, 1.82) is 0 Å². The van der Waals surface area contributed by atoms with Crippen molar-refractivity contribution in [2.45, 2.75) is 6.92 Å². The van der Waals surface area contributed by atoms with E-state index >= 15 is 0 Å². The molecule has 0 aliphatic carbocycles. The molecule has 2 rings (SSSR count). The van der Waals surface area contributed by atoms with Crippen LogP contribution in [0.1, 0.15) is 27.6 Å². The number of para-hydroxylation sites is 1. The van der Waals surface area contributed by atoms with Crippen LogP contribution in [-0.2, 0) is 0 Å². The highest BCUT2D eigenvalue weighted by Gasteiger charge is 2.17. The Bertz CT molecular complexity index is 744. The first-order valence-electron chi connectivity index (χ1n) is 7.54. The van der Waals surface area contributed by atoms with Crippen LogP contribution in [0.25, 0.3) is 0 Å². The number of aromatic nitrogens is 1. The zero-order valence-corrected chi connectivity index (χ0v) is 13.4. The Hall–Kier alpha value is -3.15. The molecule has 0 unspecified atom stereocenters. The molecule has 2 N–H and O–H groups in total. The molecule has 6 heteroatoms. The maximum atomic E-state index is 12.5. The Morgan fingerprint density at radius 1 is 1.17 bits per heavy atom. The van der Waals surface area contributed by atoms with Crippen LogP contribution in [0.15, 0.2) is 55.3 Å². The van der Waals surface area contributed by atoms with Gasteiger partial charge in [0.25, 0.3) is 11.8 Å². The molecular formula is C18H19N3O3. The number of anilines is 1. The van der Waals surface area contributed by atoms with Crippen molar-refractivity contribution >= 4 is 17.5 Å². The third kappa shape index (κ3) is 4.19. The van der Waals surface area contributed by atoms with Crippen molar-refractivity contribution in [3.63, 3.8) is 0 Å². The van der Waals surface area contributed by atoms with Gasteiger partial charge >= 0.3 is 0 Å². The molecule has 0 aliphatic rings. The highest BCUT2D eigenvalue weighted by molar-refractivity contribution is 6.09. The van der Waals surface area contributed by atoms with Crippen molar-refractivity contribution in [3.8, 4) is 5.88 Å². The lowest BCUT2D eigenvalue weighted by molar-refractivity contribution is 0.0959. The molecule has 0 atom stereocenters. The van der Waals surface area contributed by atoms with Crippen LogP contribution < -0.4 is 15.4 Å². The van der Waals surface area contributed by atoms with Gasteiger partial charge < -0.3 is 15.4 Å². The highest BCUT2D eigenvalue weighted by atomic mass is 16.5. The number of rotatable bonds is 7. The summed E-state index contributed by atoms with van der Waals surface area (Å²) < 4.78 is 5.36. The van der Waals surface area contributed by atoms with Gasteiger partial charge in [0, 0.05) is 12.7 Å². The lowest BCUT2D eigenvalue weighted by Gasteiger charge is -2.12. The summed E-state index contributed by atoms with van der Waals surface area (Å²) in [6, 6.07) is 10.0. The molecule has 0 bridgehead atoms. The van der Waals surface area contributed by atoms with E-state index in [0.717, 1.165) is 0 Å². The SMILES string of the molecule is C=CCNC(=O)c1ccccc1NC(=O)c1cccnc1OCC. The largest absolute Gasteiger partial charge is 0.477 e. The van der Waals surface area contributed by atoms with E-state index in [0.29, 0.717) is 30.0 Å². The molecule has 1 aromatic carbocycles. The van der Waals surface area contributed by atoms with Gasteiger partial charge in [-0.3, -0.25) is 9.59 Å². The molecule has 0 spiro atoms. The summed E-state index contributed by atoms with van der Waals surface area (Å²) in [5.41, 5.74) is 1.09. The summed E-state index contributed by atoms with van der Waals surface area (Å²) >= 11 is 0. The van der Waals surface area contributed by atoms with Gasteiger partial charge in [-0.25, -0.2) is 4.98 Å². The van der Waals surface area contributed by atoms with E-state index in [2.05, 4.69) is 22.2 Å². The smallest absolute Gasteiger partial charge is 0.261 e. The van der Waals surface area contributed by atoms with Crippen LogP contribution in [0.3, 0.4) is 0 Å². The molecule has 1 aromatic heterocycles. The molecule has 0 radical (unpaired) electrons. The van der Waals surface area contributed by atoms with Crippen LogP contribution in [0.4, 0.5) is 5.69 Å². The Labute approximate surface area is 140 Å². The van der Waals surface area contributed by atoms with Crippen molar-refractivity contribution < 1.29 is 14.3 Å². The summed E-state index contributed by atoms with van der Waals surface area (Å²) in [7, 11) is 0. The van der Waals surface area contributed by atoms with E-state index in [1.54, 1.807) is 48.7 Å². The Morgan fingerprint density at radius 3 is 2.67 bits per heavy atom. The van der Waals surface area contributed by atoms with Crippen LogP contribution in [0.2, 0.25) is 0 Å². The van der Waals surface area contributed by atoms with Gasteiger partial charge in [0.2, 0.25) is 5.88 Å². The number of hydrogen-bond acceptors (Lipinski definition) is 4. The molecule has 0 fully saturated rings. The lowest BCUT2D eigenvalue weighted by Crippen LogP contribution is -2.25. The first-order chi connectivity index (χ1) is 11.7. The predicted molar refractivity (Wildman–Crippen MR) is 92.3 cm³/mol. The van der Waals surface area contributed by atoms with Gasteiger partial charge in [-0.15, -0.1) is 6.58 Å². The second kappa shape index (κ2) is 8.47. The van der Waals surface area contributed by atoms with Gasteiger partial charge in [0.05, 0.1) is 17.9 Å². The number of ether oxygens (including phenoxy) is 1. The summed E-state index contributed by atoms with van der Waals surface area (Å²) in [6.45, 7) is 6.12. The molecule has 6 nitrogen and oxygen atoms in total. The Morgan fingerprint density at radius 2 is 1.92 bits per heavy atom. The average Bonchev–Trinajstić information content (AvgIpc) is 2.61. The molecule has 0 saturated carbocycles. The van der Waals surface area contributed by atoms with Gasteiger partial charge in [-0.1, -0.05) is 18.2 Å². The normalized spacial score (nSPS) is 9.88. The summed E-state index contributed by atoms with van der Waals surface area (Å²) in [4.78, 5) is 28.7. The fourth-order valence-corrected chi connectivity index (χ4v) is 2.06. The fraction of sp³-hybridized carbons (Fsp3) is 0.167. The molecular weight excluding hydrogens is 306 g/mol.